The second kappa shape index (κ2) is 14.5. The Kier molecular flexibility index (Phi) is 13.4. The molecule has 138 valence electrons. The molecule has 0 aromatic rings. The Hall–Kier alpha value is 0.177. The van der Waals surface area contributed by atoms with Crippen LogP contribution in [-0.4, -0.2) is 14.9 Å². The summed E-state index contributed by atoms with van der Waals surface area (Å²) in [5.41, 5.74) is 0. The normalized spacial score (nSPS) is 21.7. The summed E-state index contributed by atoms with van der Waals surface area (Å²) in [7, 11) is -1.24. The Bertz CT molecular complexity index is 248. The molecule has 0 spiro atoms. The smallest absolute Gasteiger partial charge is 0.189 e. The lowest BCUT2D eigenvalue weighted by molar-refractivity contribution is 0.269. The number of unbranched alkanes of at least 4 members (excludes halogenated alkanes) is 13. The minimum Gasteiger partial charge on any atom is -0.417 e. The number of hydrogen-bond acceptors (Lipinski definition) is 1. The molecule has 1 atom stereocenters. The van der Waals surface area contributed by atoms with Crippen LogP contribution in [0.2, 0.25) is 18.6 Å². The van der Waals surface area contributed by atoms with Crippen molar-refractivity contribution >= 4 is 8.32 Å². The summed E-state index contributed by atoms with van der Waals surface area (Å²) >= 11 is 0. The largest absolute Gasteiger partial charge is 0.417 e. The Morgan fingerprint density at radius 2 is 1.13 bits per heavy atom. The van der Waals surface area contributed by atoms with Crippen LogP contribution in [0.3, 0.4) is 0 Å². The summed E-state index contributed by atoms with van der Waals surface area (Å²) in [4.78, 5) is 0. The third-order valence-electron chi connectivity index (χ3n) is 5.61. The molecule has 0 aliphatic carbocycles. The van der Waals surface area contributed by atoms with Gasteiger partial charge in [0, 0.05) is 6.61 Å². The zero-order valence-electron chi connectivity index (χ0n) is 16.3. The van der Waals surface area contributed by atoms with Crippen molar-refractivity contribution in [1.82, 2.24) is 0 Å². The molecule has 1 nitrogen and oxygen atoms in total. The SMILES string of the molecule is CCCCCCCCCCCCCCCC[Si]1(C)CCCCO1. The average molecular weight is 341 g/mol. The van der Waals surface area contributed by atoms with Gasteiger partial charge in [-0.3, -0.25) is 0 Å². The Labute approximate surface area is 148 Å². The summed E-state index contributed by atoms with van der Waals surface area (Å²) in [6, 6.07) is 2.84. The van der Waals surface area contributed by atoms with Crippen LogP contribution in [0.25, 0.3) is 0 Å². The lowest BCUT2D eigenvalue weighted by atomic mass is 10.0. The van der Waals surface area contributed by atoms with Crippen molar-refractivity contribution in [2.75, 3.05) is 6.61 Å². The van der Waals surface area contributed by atoms with Gasteiger partial charge in [-0.2, -0.15) is 0 Å². The van der Waals surface area contributed by atoms with Crippen molar-refractivity contribution in [1.29, 1.82) is 0 Å². The van der Waals surface area contributed by atoms with Gasteiger partial charge in [0.15, 0.2) is 8.32 Å². The fourth-order valence-corrected chi connectivity index (χ4v) is 7.05. The molecule has 1 rings (SSSR count). The van der Waals surface area contributed by atoms with E-state index in [1.807, 2.05) is 0 Å². The van der Waals surface area contributed by atoms with Gasteiger partial charge >= 0.3 is 0 Å². The van der Waals surface area contributed by atoms with Crippen LogP contribution < -0.4 is 0 Å². The second-order valence-electron chi connectivity index (χ2n) is 8.10. The highest BCUT2D eigenvalue weighted by Crippen LogP contribution is 2.27. The van der Waals surface area contributed by atoms with E-state index >= 15 is 0 Å². The fraction of sp³-hybridized carbons (Fsp3) is 1.00. The first kappa shape index (κ1) is 21.2. The standard InChI is InChI=1S/C21H44OSi/c1-3-4-5-6-7-8-9-10-11-12-13-14-15-17-20-23(2)21-18-16-19-22-23/h3-21H2,1-2H3. The third-order valence-corrected chi connectivity index (χ3v) is 9.33. The molecule has 1 aliphatic rings. The minimum absolute atomic E-state index is 1.06. The maximum atomic E-state index is 6.12. The lowest BCUT2D eigenvalue weighted by Gasteiger charge is -2.31. The summed E-state index contributed by atoms with van der Waals surface area (Å²) in [5, 5.41) is 0. The molecule has 0 bridgehead atoms. The molecule has 0 aromatic carbocycles. The van der Waals surface area contributed by atoms with Crippen LogP contribution in [0.1, 0.15) is 110 Å². The summed E-state index contributed by atoms with van der Waals surface area (Å²) in [5.74, 6) is 0. The van der Waals surface area contributed by atoms with E-state index in [1.54, 1.807) is 0 Å². The number of rotatable bonds is 15. The molecule has 0 radical (unpaired) electrons. The van der Waals surface area contributed by atoms with E-state index < -0.39 is 8.32 Å². The van der Waals surface area contributed by atoms with Crippen LogP contribution in [-0.2, 0) is 4.43 Å². The van der Waals surface area contributed by atoms with Crippen molar-refractivity contribution in [3.8, 4) is 0 Å². The predicted molar refractivity (Wildman–Crippen MR) is 107 cm³/mol. The van der Waals surface area contributed by atoms with Crippen molar-refractivity contribution in [3.63, 3.8) is 0 Å². The highest BCUT2D eigenvalue weighted by Gasteiger charge is 2.30. The van der Waals surface area contributed by atoms with Gasteiger partial charge in [0.05, 0.1) is 0 Å². The second-order valence-corrected chi connectivity index (χ2v) is 12.3. The van der Waals surface area contributed by atoms with E-state index in [0.29, 0.717) is 0 Å². The van der Waals surface area contributed by atoms with Gasteiger partial charge < -0.3 is 4.43 Å². The zero-order valence-corrected chi connectivity index (χ0v) is 17.3. The quantitative estimate of drug-likeness (QED) is 0.218. The number of hydrogen-bond donors (Lipinski definition) is 0. The van der Waals surface area contributed by atoms with Gasteiger partial charge in [0.1, 0.15) is 0 Å². The van der Waals surface area contributed by atoms with Gasteiger partial charge in [-0.05, 0) is 25.1 Å². The average Bonchev–Trinajstić information content (AvgIpc) is 2.56. The Balaban J connectivity index is 1.74. The molecule has 0 aromatic heterocycles. The van der Waals surface area contributed by atoms with Crippen LogP contribution >= 0.6 is 0 Å². The molecular formula is C21H44OSi. The van der Waals surface area contributed by atoms with Gasteiger partial charge in [-0.15, -0.1) is 0 Å². The van der Waals surface area contributed by atoms with Crippen LogP contribution in [0.4, 0.5) is 0 Å². The molecule has 23 heavy (non-hydrogen) atoms. The van der Waals surface area contributed by atoms with E-state index in [0.717, 1.165) is 6.61 Å². The zero-order chi connectivity index (χ0) is 16.6. The molecule has 1 saturated heterocycles. The summed E-state index contributed by atoms with van der Waals surface area (Å²) in [6.45, 7) is 5.82. The molecule has 1 aliphatic heterocycles. The van der Waals surface area contributed by atoms with E-state index in [9.17, 15) is 0 Å². The summed E-state index contributed by atoms with van der Waals surface area (Å²) in [6.07, 6.45) is 23.2. The molecule has 0 saturated carbocycles. The summed E-state index contributed by atoms with van der Waals surface area (Å²) < 4.78 is 6.12. The van der Waals surface area contributed by atoms with Crippen LogP contribution in [0.5, 0.6) is 0 Å². The van der Waals surface area contributed by atoms with Crippen molar-refractivity contribution < 1.29 is 4.43 Å². The highest BCUT2D eigenvalue weighted by molar-refractivity contribution is 6.72. The predicted octanol–water partition coefficient (Wildman–Crippen LogP) is 7.85. The van der Waals surface area contributed by atoms with Crippen molar-refractivity contribution in [2.24, 2.45) is 0 Å². The molecule has 2 heteroatoms. The Morgan fingerprint density at radius 1 is 0.652 bits per heavy atom. The molecule has 1 fully saturated rings. The van der Waals surface area contributed by atoms with E-state index in [-0.39, 0.29) is 0 Å². The first-order valence-electron chi connectivity index (χ1n) is 10.9. The molecular weight excluding hydrogens is 296 g/mol. The van der Waals surface area contributed by atoms with Crippen molar-refractivity contribution in [3.05, 3.63) is 0 Å². The third kappa shape index (κ3) is 12.2. The lowest BCUT2D eigenvalue weighted by Crippen LogP contribution is -2.37. The minimum atomic E-state index is -1.24. The molecule has 1 unspecified atom stereocenters. The van der Waals surface area contributed by atoms with Crippen LogP contribution in [0.15, 0.2) is 0 Å². The van der Waals surface area contributed by atoms with Crippen LogP contribution in [0, 0.1) is 0 Å². The molecule has 0 N–H and O–H groups in total. The van der Waals surface area contributed by atoms with E-state index in [4.69, 9.17) is 4.43 Å². The topological polar surface area (TPSA) is 9.23 Å². The fourth-order valence-electron chi connectivity index (χ4n) is 3.88. The molecule has 0 amide bonds. The van der Waals surface area contributed by atoms with E-state index in [2.05, 4.69) is 13.5 Å². The van der Waals surface area contributed by atoms with Gasteiger partial charge in [-0.25, -0.2) is 0 Å². The Morgan fingerprint density at radius 3 is 1.57 bits per heavy atom. The van der Waals surface area contributed by atoms with E-state index in [1.165, 1.54) is 115 Å². The maximum Gasteiger partial charge on any atom is 0.189 e. The highest BCUT2D eigenvalue weighted by atomic mass is 28.4. The van der Waals surface area contributed by atoms with Gasteiger partial charge in [-0.1, -0.05) is 103 Å². The van der Waals surface area contributed by atoms with Crippen molar-refractivity contribution in [2.45, 2.75) is 128 Å². The first-order valence-corrected chi connectivity index (χ1v) is 13.7. The first-order chi connectivity index (χ1) is 11.3. The van der Waals surface area contributed by atoms with Gasteiger partial charge in [0.2, 0.25) is 0 Å². The van der Waals surface area contributed by atoms with Gasteiger partial charge in [0.25, 0.3) is 0 Å². The molecule has 1 heterocycles. The maximum absolute atomic E-state index is 6.12. The monoisotopic (exact) mass is 340 g/mol.